The zero-order valence-corrected chi connectivity index (χ0v) is 18.7. The fourth-order valence-electron chi connectivity index (χ4n) is 2.24. The van der Waals surface area contributed by atoms with E-state index in [2.05, 4.69) is 25.7 Å². The van der Waals surface area contributed by atoms with E-state index in [0.29, 0.717) is 37.6 Å². The number of amides is 1. The maximum Gasteiger partial charge on any atom is 0.387 e. The zero-order valence-electron chi connectivity index (χ0n) is 16.4. The van der Waals surface area contributed by atoms with Crippen LogP contribution in [0.15, 0.2) is 23.2 Å². The van der Waals surface area contributed by atoms with E-state index in [4.69, 9.17) is 4.74 Å². The van der Waals surface area contributed by atoms with Gasteiger partial charge in [0.1, 0.15) is 0 Å². The van der Waals surface area contributed by atoms with Crippen LogP contribution in [0.1, 0.15) is 32.3 Å². The van der Waals surface area contributed by atoms with Gasteiger partial charge < -0.3 is 25.4 Å². The van der Waals surface area contributed by atoms with E-state index in [1.54, 1.807) is 32.2 Å². The van der Waals surface area contributed by atoms with Crippen molar-refractivity contribution in [3.8, 4) is 11.5 Å². The molecule has 0 spiro atoms. The summed E-state index contributed by atoms with van der Waals surface area (Å²) >= 11 is 0. The Bertz CT molecular complexity index is 618. The van der Waals surface area contributed by atoms with Crippen molar-refractivity contribution in [1.82, 2.24) is 16.0 Å². The first-order valence-corrected chi connectivity index (χ1v) is 8.92. The number of aliphatic imine (C=N–C) groups is 1. The number of carbonyl (C=O) groups excluding carboxylic acids is 1. The highest BCUT2D eigenvalue weighted by molar-refractivity contribution is 14.0. The minimum Gasteiger partial charge on any atom is -0.490 e. The largest absolute Gasteiger partial charge is 0.490 e. The molecule has 0 aliphatic heterocycles. The van der Waals surface area contributed by atoms with Crippen molar-refractivity contribution in [3.63, 3.8) is 0 Å². The molecule has 1 rings (SSSR count). The molecule has 7 nitrogen and oxygen atoms in total. The third kappa shape index (κ3) is 9.90. The van der Waals surface area contributed by atoms with E-state index < -0.39 is 6.61 Å². The molecule has 1 aromatic rings. The van der Waals surface area contributed by atoms with E-state index >= 15 is 0 Å². The minimum absolute atomic E-state index is 0. The Hall–Kier alpha value is -1.85. The number of alkyl halides is 2. The van der Waals surface area contributed by atoms with Gasteiger partial charge in [-0.1, -0.05) is 19.1 Å². The van der Waals surface area contributed by atoms with Gasteiger partial charge in [-0.3, -0.25) is 9.79 Å². The number of hydrogen-bond donors (Lipinski definition) is 3. The van der Waals surface area contributed by atoms with Crippen molar-refractivity contribution >= 4 is 35.8 Å². The molecule has 0 heterocycles. The fraction of sp³-hybridized carbons (Fsp3) is 0.556. The first-order valence-electron chi connectivity index (χ1n) is 8.92. The summed E-state index contributed by atoms with van der Waals surface area (Å²) in [4.78, 5) is 15.6. The number of hydrogen-bond acceptors (Lipinski definition) is 4. The normalized spacial score (nSPS) is 10.9. The standard InChI is InChI=1S/C18H28F2N4O3.HI/c1-4-10-22-15(25)9-11-23-18(21-3)24-12-13-7-6-8-14(26-5-2)16(13)27-17(19)20;/h6-8,17H,4-5,9-12H2,1-3H3,(H,22,25)(H2,21,23,24);1H. The van der Waals surface area contributed by atoms with Gasteiger partial charge in [-0.05, 0) is 19.4 Å². The topological polar surface area (TPSA) is 84.0 Å². The van der Waals surface area contributed by atoms with Gasteiger partial charge >= 0.3 is 6.61 Å². The van der Waals surface area contributed by atoms with Crippen molar-refractivity contribution in [1.29, 1.82) is 0 Å². The van der Waals surface area contributed by atoms with Gasteiger partial charge in [0.05, 0.1) is 6.61 Å². The van der Waals surface area contributed by atoms with Crippen LogP contribution in [0.2, 0.25) is 0 Å². The average molecular weight is 514 g/mol. The third-order valence-corrected chi connectivity index (χ3v) is 3.45. The Morgan fingerprint density at radius 3 is 2.54 bits per heavy atom. The summed E-state index contributed by atoms with van der Waals surface area (Å²) in [5.41, 5.74) is 0.505. The highest BCUT2D eigenvalue weighted by atomic mass is 127. The van der Waals surface area contributed by atoms with Gasteiger partial charge in [-0.15, -0.1) is 24.0 Å². The lowest BCUT2D eigenvalue weighted by molar-refractivity contribution is -0.120. The van der Waals surface area contributed by atoms with Crippen LogP contribution >= 0.6 is 24.0 Å². The van der Waals surface area contributed by atoms with Crippen LogP contribution in [-0.2, 0) is 11.3 Å². The van der Waals surface area contributed by atoms with E-state index in [1.165, 1.54) is 0 Å². The van der Waals surface area contributed by atoms with Crippen molar-refractivity contribution in [2.24, 2.45) is 4.99 Å². The molecule has 0 unspecified atom stereocenters. The van der Waals surface area contributed by atoms with E-state index in [1.807, 2.05) is 6.92 Å². The number of nitrogens with one attached hydrogen (secondary N) is 3. The van der Waals surface area contributed by atoms with Crippen molar-refractivity contribution in [2.75, 3.05) is 26.7 Å². The summed E-state index contributed by atoms with van der Waals surface area (Å²) in [7, 11) is 1.58. The van der Waals surface area contributed by atoms with Gasteiger partial charge in [-0.2, -0.15) is 8.78 Å². The molecular weight excluding hydrogens is 485 g/mol. The molecule has 0 aliphatic carbocycles. The first kappa shape index (κ1) is 26.1. The zero-order chi connectivity index (χ0) is 20.1. The van der Waals surface area contributed by atoms with Crippen molar-refractivity contribution in [3.05, 3.63) is 23.8 Å². The highest BCUT2D eigenvalue weighted by Crippen LogP contribution is 2.32. The Morgan fingerprint density at radius 2 is 1.93 bits per heavy atom. The average Bonchev–Trinajstić information content (AvgIpc) is 2.64. The number of nitrogens with zero attached hydrogens (tertiary/aromatic N) is 1. The second-order valence-electron chi connectivity index (χ2n) is 5.51. The third-order valence-electron chi connectivity index (χ3n) is 3.45. The molecular formula is C18H29F2IN4O3. The lowest BCUT2D eigenvalue weighted by Gasteiger charge is -2.17. The quantitative estimate of drug-likeness (QED) is 0.240. The first-order chi connectivity index (χ1) is 13.0. The van der Waals surface area contributed by atoms with Crippen LogP contribution in [-0.4, -0.2) is 45.2 Å². The number of rotatable bonds is 11. The molecule has 28 heavy (non-hydrogen) atoms. The molecule has 0 aliphatic rings. The predicted octanol–water partition coefficient (Wildman–Crippen LogP) is 2.89. The van der Waals surface area contributed by atoms with Crippen LogP contribution in [0, 0.1) is 0 Å². The van der Waals surface area contributed by atoms with Gasteiger partial charge in [0.15, 0.2) is 17.5 Å². The number of carbonyl (C=O) groups is 1. The molecule has 3 N–H and O–H groups in total. The lowest BCUT2D eigenvalue weighted by atomic mass is 10.2. The molecule has 0 fully saturated rings. The lowest BCUT2D eigenvalue weighted by Crippen LogP contribution is -2.39. The molecule has 0 aromatic heterocycles. The fourth-order valence-corrected chi connectivity index (χ4v) is 2.24. The SMILES string of the molecule is CCCNC(=O)CCNC(=NC)NCc1cccc(OCC)c1OC(F)F.I. The Labute approximate surface area is 181 Å². The second kappa shape index (κ2) is 15.1. The summed E-state index contributed by atoms with van der Waals surface area (Å²) < 4.78 is 35.5. The van der Waals surface area contributed by atoms with Crippen LogP contribution < -0.4 is 25.4 Å². The van der Waals surface area contributed by atoms with E-state index in [-0.39, 0.29) is 47.9 Å². The number of ether oxygens (including phenoxy) is 2. The molecule has 0 saturated heterocycles. The molecule has 1 amide bonds. The van der Waals surface area contributed by atoms with Crippen LogP contribution in [0.3, 0.4) is 0 Å². The molecule has 160 valence electrons. The highest BCUT2D eigenvalue weighted by Gasteiger charge is 2.16. The van der Waals surface area contributed by atoms with Gasteiger partial charge in [0, 0.05) is 38.7 Å². The summed E-state index contributed by atoms with van der Waals surface area (Å²) in [6.45, 7) is 2.37. The van der Waals surface area contributed by atoms with Crippen LogP contribution in [0.4, 0.5) is 8.78 Å². The Kier molecular flexibility index (Phi) is 14.1. The maximum atomic E-state index is 12.7. The van der Waals surface area contributed by atoms with E-state index in [9.17, 15) is 13.6 Å². The van der Waals surface area contributed by atoms with Gasteiger partial charge in [-0.25, -0.2) is 0 Å². The smallest absolute Gasteiger partial charge is 0.387 e. The molecule has 0 bridgehead atoms. The second-order valence-corrected chi connectivity index (χ2v) is 5.51. The molecule has 10 heteroatoms. The molecule has 1 aromatic carbocycles. The summed E-state index contributed by atoms with van der Waals surface area (Å²) in [6.07, 6.45) is 1.19. The Balaban J connectivity index is 0.00000729. The number of para-hydroxylation sites is 1. The van der Waals surface area contributed by atoms with Crippen LogP contribution in [0.25, 0.3) is 0 Å². The molecule has 0 atom stereocenters. The van der Waals surface area contributed by atoms with Gasteiger partial charge in [0.25, 0.3) is 0 Å². The number of guanidine groups is 1. The van der Waals surface area contributed by atoms with Crippen LogP contribution in [0.5, 0.6) is 11.5 Å². The maximum absolute atomic E-state index is 12.7. The summed E-state index contributed by atoms with van der Waals surface area (Å²) in [5.74, 6) is 0.656. The summed E-state index contributed by atoms with van der Waals surface area (Å²) in [6, 6.07) is 4.94. The number of benzene rings is 1. The molecule has 0 radical (unpaired) electrons. The van der Waals surface area contributed by atoms with E-state index in [0.717, 1.165) is 6.42 Å². The Morgan fingerprint density at radius 1 is 1.18 bits per heavy atom. The monoisotopic (exact) mass is 514 g/mol. The summed E-state index contributed by atoms with van der Waals surface area (Å²) in [5, 5.41) is 8.80. The van der Waals surface area contributed by atoms with Crippen molar-refractivity contribution in [2.45, 2.75) is 39.8 Å². The number of halogens is 3. The van der Waals surface area contributed by atoms with Gasteiger partial charge in [0.2, 0.25) is 5.91 Å². The minimum atomic E-state index is -2.95. The molecule has 0 saturated carbocycles. The van der Waals surface area contributed by atoms with Crippen molar-refractivity contribution < 1.29 is 23.0 Å². The predicted molar refractivity (Wildman–Crippen MR) is 116 cm³/mol.